The molecule has 130 valence electrons. The zero-order valence-electron chi connectivity index (χ0n) is 14.0. The normalized spacial score (nSPS) is 17.0. The maximum absolute atomic E-state index is 12.4. The third-order valence-electron chi connectivity index (χ3n) is 4.21. The number of hydrogen-bond donors (Lipinski definition) is 2. The van der Waals surface area contributed by atoms with E-state index in [-0.39, 0.29) is 30.7 Å². The number of piperidine rings is 1. The molecule has 0 aromatic heterocycles. The number of nitrogens with zero attached hydrogens (tertiary/aromatic N) is 1. The van der Waals surface area contributed by atoms with Crippen LogP contribution in [0.2, 0.25) is 0 Å². The first-order chi connectivity index (χ1) is 11.5. The Morgan fingerprint density at radius 3 is 2.58 bits per heavy atom. The van der Waals surface area contributed by atoms with Gasteiger partial charge in [0.2, 0.25) is 12.7 Å². The van der Waals surface area contributed by atoms with Crippen LogP contribution in [0.5, 0.6) is 11.5 Å². The van der Waals surface area contributed by atoms with Crippen LogP contribution in [0, 0.1) is 5.92 Å². The fraction of sp³-hybridized carbons (Fsp3) is 0.529. The van der Waals surface area contributed by atoms with Crippen LogP contribution < -0.4 is 20.1 Å². The van der Waals surface area contributed by atoms with Gasteiger partial charge in [0.05, 0.1) is 0 Å². The molecule has 7 heteroatoms. The fourth-order valence-corrected chi connectivity index (χ4v) is 2.90. The predicted molar refractivity (Wildman–Crippen MR) is 89.2 cm³/mol. The first-order valence-electron chi connectivity index (χ1n) is 8.29. The molecule has 1 fully saturated rings. The number of ether oxygens (including phenoxy) is 2. The summed E-state index contributed by atoms with van der Waals surface area (Å²) in [5.74, 6) is 1.24. The van der Waals surface area contributed by atoms with Crippen LogP contribution in [0.25, 0.3) is 0 Å². The molecule has 7 nitrogen and oxygen atoms in total. The van der Waals surface area contributed by atoms with E-state index < -0.39 is 0 Å². The molecule has 2 heterocycles. The third kappa shape index (κ3) is 3.72. The van der Waals surface area contributed by atoms with E-state index in [1.165, 1.54) is 0 Å². The highest BCUT2D eigenvalue weighted by molar-refractivity contribution is 5.93. The monoisotopic (exact) mass is 333 g/mol. The van der Waals surface area contributed by atoms with Gasteiger partial charge in [-0.15, -0.1) is 0 Å². The molecule has 0 saturated carbocycles. The lowest BCUT2D eigenvalue weighted by atomic mass is 9.96. The number of anilines is 1. The summed E-state index contributed by atoms with van der Waals surface area (Å²) in [7, 11) is 0. The Balaban J connectivity index is 1.51. The van der Waals surface area contributed by atoms with Gasteiger partial charge in [-0.1, -0.05) is 0 Å². The lowest BCUT2D eigenvalue weighted by Crippen LogP contribution is -2.47. The van der Waals surface area contributed by atoms with E-state index in [4.69, 9.17) is 9.47 Å². The molecule has 3 rings (SSSR count). The average molecular weight is 333 g/mol. The zero-order valence-corrected chi connectivity index (χ0v) is 14.0. The van der Waals surface area contributed by atoms with Crippen molar-refractivity contribution in [2.24, 2.45) is 5.92 Å². The summed E-state index contributed by atoms with van der Waals surface area (Å²) in [5, 5.41) is 5.80. The third-order valence-corrected chi connectivity index (χ3v) is 4.21. The van der Waals surface area contributed by atoms with Crippen LogP contribution in [-0.2, 0) is 4.79 Å². The van der Waals surface area contributed by atoms with Crippen molar-refractivity contribution in [1.82, 2.24) is 10.2 Å². The SMILES string of the molecule is CC(C)NC(=O)N1CCC(C(=O)Nc2ccc3c(c2)OCO3)CC1. The van der Waals surface area contributed by atoms with Gasteiger partial charge < -0.3 is 25.0 Å². The molecule has 0 radical (unpaired) electrons. The van der Waals surface area contributed by atoms with Gasteiger partial charge in [-0.05, 0) is 38.8 Å². The number of nitrogens with one attached hydrogen (secondary N) is 2. The number of rotatable bonds is 3. The Kier molecular flexibility index (Phi) is 4.78. The molecule has 1 saturated heterocycles. The zero-order chi connectivity index (χ0) is 17.1. The minimum absolute atomic E-state index is 0.0159. The van der Waals surface area contributed by atoms with Gasteiger partial charge >= 0.3 is 6.03 Å². The number of hydrogen-bond acceptors (Lipinski definition) is 4. The van der Waals surface area contributed by atoms with E-state index in [2.05, 4.69) is 10.6 Å². The van der Waals surface area contributed by atoms with Gasteiger partial charge in [0.15, 0.2) is 11.5 Å². The van der Waals surface area contributed by atoms with Crippen molar-refractivity contribution in [3.63, 3.8) is 0 Å². The van der Waals surface area contributed by atoms with Crippen LogP contribution in [-0.4, -0.2) is 42.8 Å². The Bertz CT molecular complexity index is 624. The average Bonchev–Trinajstić information content (AvgIpc) is 3.02. The predicted octanol–water partition coefficient (Wildman–Crippen LogP) is 2.18. The van der Waals surface area contributed by atoms with Gasteiger partial charge in [-0.3, -0.25) is 4.79 Å². The number of urea groups is 1. The quantitative estimate of drug-likeness (QED) is 0.888. The fourth-order valence-electron chi connectivity index (χ4n) is 2.90. The number of carbonyl (C=O) groups is 2. The summed E-state index contributed by atoms with van der Waals surface area (Å²) in [4.78, 5) is 26.2. The van der Waals surface area contributed by atoms with Crippen molar-refractivity contribution in [2.45, 2.75) is 32.7 Å². The van der Waals surface area contributed by atoms with Crippen LogP contribution in [0.15, 0.2) is 18.2 Å². The summed E-state index contributed by atoms with van der Waals surface area (Å²) in [6, 6.07) is 5.42. The van der Waals surface area contributed by atoms with Crippen molar-refractivity contribution in [2.75, 3.05) is 25.2 Å². The highest BCUT2D eigenvalue weighted by Gasteiger charge is 2.27. The maximum atomic E-state index is 12.4. The van der Waals surface area contributed by atoms with Crippen molar-refractivity contribution < 1.29 is 19.1 Å². The molecule has 0 spiro atoms. The van der Waals surface area contributed by atoms with E-state index in [1.807, 2.05) is 13.8 Å². The van der Waals surface area contributed by atoms with Gasteiger partial charge in [-0.2, -0.15) is 0 Å². The Hall–Kier alpha value is -2.44. The first-order valence-corrected chi connectivity index (χ1v) is 8.29. The number of likely N-dealkylation sites (tertiary alicyclic amines) is 1. The van der Waals surface area contributed by atoms with Crippen molar-refractivity contribution >= 4 is 17.6 Å². The highest BCUT2D eigenvalue weighted by Crippen LogP contribution is 2.34. The molecule has 0 aliphatic carbocycles. The Morgan fingerprint density at radius 1 is 1.17 bits per heavy atom. The molecule has 2 aliphatic rings. The Labute approximate surface area is 141 Å². The topological polar surface area (TPSA) is 79.9 Å². The maximum Gasteiger partial charge on any atom is 0.317 e. The molecule has 2 aliphatic heterocycles. The molecular weight excluding hydrogens is 310 g/mol. The van der Waals surface area contributed by atoms with Crippen LogP contribution in [0.3, 0.4) is 0 Å². The second-order valence-electron chi connectivity index (χ2n) is 6.42. The minimum atomic E-state index is -0.0847. The largest absolute Gasteiger partial charge is 0.454 e. The molecule has 0 atom stereocenters. The van der Waals surface area contributed by atoms with Crippen LogP contribution in [0.1, 0.15) is 26.7 Å². The lowest BCUT2D eigenvalue weighted by molar-refractivity contribution is -0.121. The van der Waals surface area contributed by atoms with Crippen molar-refractivity contribution in [3.05, 3.63) is 18.2 Å². The van der Waals surface area contributed by atoms with E-state index in [0.717, 1.165) is 0 Å². The number of benzene rings is 1. The second-order valence-corrected chi connectivity index (χ2v) is 6.42. The van der Waals surface area contributed by atoms with Gasteiger partial charge in [0, 0.05) is 36.8 Å². The summed E-state index contributed by atoms with van der Waals surface area (Å²) in [5.41, 5.74) is 0.698. The second kappa shape index (κ2) is 6.98. The highest BCUT2D eigenvalue weighted by atomic mass is 16.7. The van der Waals surface area contributed by atoms with Crippen molar-refractivity contribution in [3.8, 4) is 11.5 Å². The number of carbonyl (C=O) groups excluding carboxylic acids is 2. The van der Waals surface area contributed by atoms with Crippen LogP contribution >= 0.6 is 0 Å². The first kappa shape index (κ1) is 16.4. The van der Waals surface area contributed by atoms with E-state index in [1.54, 1.807) is 23.1 Å². The molecule has 0 bridgehead atoms. The van der Waals surface area contributed by atoms with Gasteiger partial charge in [0.1, 0.15) is 0 Å². The molecule has 2 N–H and O–H groups in total. The molecule has 1 aromatic rings. The standard InChI is InChI=1S/C17H23N3O4/c1-11(2)18-17(22)20-7-5-12(6-8-20)16(21)19-13-3-4-14-15(9-13)24-10-23-14/h3-4,9,11-12H,5-8,10H2,1-2H3,(H,18,22)(H,19,21). The summed E-state index contributed by atoms with van der Waals surface area (Å²) in [6.45, 7) is 5.27. The smallest absolute Gasteiger partial charge is 0.317 e. The molecule has 1 aromatic carbocycles. The van der Waals surface area contributed by atoms with E-state index in [9.17, 15) is 9.59 Å². The summed E-state index contributed by atoms with van der Waals surface area (Å²) >= 11 is 0. The minimum Gasteiger partial charge on any atom is -0.454 e. The van der Waals surface area contributed by atoms with E-state index in [0.29, 0.717) is 43.1 Å². The lowest BCUT2D eigenvalue weighted by Gasteiger charge is -2.32. The molecule has 0 unspecified atom stereocenters. The Morgan fingerprint density at radius 2 is 1.88 bits per heavy atom. The summed E-state index contributed by atoms with van der Waals surface area (Å²) in [6.07, 6.45) is 1.34. The molecule has 24 heavy (non-hydrogen) atoms. The summed E-state index contributed by atoms with van der Waals surface area (Å²) < 4.78 is 10.6. The molecule has 3 amide bonds. The molecular formula is C17H23N3O4. The van der Waals surface area contributed by atoms with Gasteiger partial charge in [0.25, 0.3) is 0 Å². The van der Waals surface area contributed by atoms with Crippen LogP contribution in [0.4, 0.5) is 10.5 Å². The number of fused-ring (bicyclic) bond motifs is 1. The van der Waals surface area contributed by atoms with Gasteiger partial charge in [-0.25, -0.2) is 4.79 Å². The number of amides is 3. The van der Waals surface area contributed by atoms with Crippen molar-refractivity contribution in [1.29, 1.82) is 0 Å². The van der Waals surface area contributed by atoms with E-state index >= 15 is 0 Å².